The molecule has 2 heterocycles. The second-order valence-electron chi connectivity index (χ2n) is 11.6. The third-order valence-corrected chi connectivity index (χ3v) is 10.8. The minimum Gasteiger partial charge on any atom is -0.490 e. The third-order valence-electron chi connectivity index (χ3n) is 8.19. The SMILES string of the molecule is CCOC(=O)C1=C(C)N=c2s/c(=C\c3cc(I)c(OCc4ccc5ccccc5c4)c(I)c3)c(=O)n2[C@H]1c1ccc(OCC(=O)OC)c(OCC)c1. The summed E-state index contributed by atoms with van der Waals surface area (Å²) in [7, 11) is 1.28. The van der Waals surface area contributed by atoms with Crippen LogP contribution in [0.4, 0.5) is 0 Å². The first-order chi connectivity index (χ1) is 25.1. The Morgan fingerprint density at radius 3 is 2.37 bits per heavy atom. The summed E-state index contributed by atoms with van der Waals surface area (Å²) in [6.45, 7) is 5.84. The molecule has 0 fully saturated rings. The van der Waals surface area contributed by atoms with Crippen LogP contribution in [0.3, 0.4) is 0 Å². The van der Waals surface area contributed by atoms with Gasteiger partial charge in [0.15, 0.2) is 22.9 Å². The first kappa shape index (κ1) is 37.5. The largest absolute Gasteiger partial charge is 0.490 e. The number of rotatable bonds is 12. The van der Waals surface area contributed by atoms with Gasteiger partial charge in [0, 0.05) is 0 Å². The smallest absolute Gasteiger partial charge is 0.343 e. The zero-order valence-electron chi connectivity index (χ0n) is 28.7. The molecule has 0 saturated heterocycles. The Kier molecular flexibility index (Phi) is 12.0. The molecule has 0 radical (unpaired) electrons. The van der Waals surface area contributed by atoms with E-state index in [9.17, 15) is 14.4 Å². The van der Waals surface area contributed by atoms with Crippen molar-refractivity contribution in [2.45, 2.75) is 33.4 Å². The Morgan fingerprint density at radius 1 is 0.904 bits per heavy atom. The molecule has 13 heteroatoms. The number of hydrogen-bond acceptors (Lipinski definition) is 10. The standard InChI is InChI=1S/C39H34I2N2O8S/c1-5-48-31-19-27(13-14-30(31)50-21-33(44)47-4)35-34(38(46)49-6-2)22(3)42-39-43(35)37(45)32(52-39)18-24-16-28(40)36(29(41)17-24)51-20-23-11-12-25-9-7-8-10-26(25)15-23/h7-19,35H,5-6,20-21H2,1-4H3/b32-18-/t35-/m0/s1. The Hall–Kier alpha value is -4.22. The number of allylic oxidation sites excluding steroid dienone is 1. The monoisotopic (exact) mass is 944 g/mol. The molecule has 0 spiro atoms. The molecule has 0 aliphatic carbocycles. The molecule has 4 aromatic carbocycles. The van der Waals surface area contributed by atoms with Gasteiger partial charge in [0.1, 0.15) is 12.4 Å². The van der Waals surface area contributed by atoms with Gasteiger partial charge in [0.25, 0.3) is 5.56 Å². The third kappa shape index (κ3) is 8.05. The molecule has 6 rings (SSSR count). The zero-order valence-corrected chi connectivity index (χ0v) is 33.9. The first-order valence-electron chi connectivity index (χ1n) is 16.4. The van der Waals surface area contributed by atoms with Crippen molar-refractivity contribution in [3.8, 4) is 17.2 Å². The molecule has 1 aliphatic heterocycles. The maximum atomic E-state index is 14.3. The molecule has 0 N–H and O–H groups in total. The van der Waals surface area contributed by atoms with E-state index in [2.05, 4.69) is 75.5 Å². The van der Waals surface area contributed by atoms with Crippen molar-refractivity contribution in [1.82, 2.24) is 4.57 Å². The lowest BCUT2D eigenvalue weighted by atomic mass is 9.95. The van der Waals surface area contributed by atoms with Gasteiger partial charge in [-0.05, 0) is 130 Å². The van der Waals surface area contributed by atoms with Crippen molar-refractivity contribution in [3.05, 3.63) is 128 Å². The average Bonchev–Trinajstić information content (AvgIpc) is 3.43. The molecule has 1 aliphatic rings. The average molecular weight is 945 g/mol. The van der Waals surface area contributed by atoms with E-state index in [1.54, 1.807) is 32.0 Å². The number of ether oxygens (including phenoxy) is 5. The van der Waals surface area contributed by atoms with Crippen LogP contribution in [0.1, 0.15) is 43.5 Å². The number of esters is 2. The van der Waals surface area contributed by atoms with E-state index < -0.39 is 18.0 Å². The van der Waals surface area contributed by atoms with Crippen LogP contribution in [-0.4, -0.2) is 43.4 Å². The Morgan fingerprint density at radius 2 is 1.65 bits per heavy atom. The lowest BCUT2D eigenvalue weighted by molar-refractivity contribution is -0.143. The van der Waals surface area contributed by atoms with Gasteiger partial charge < -0.3 is 23.7 Å². The Bertz CT molecular complexity index is 2380. The van der Waals surface area contributed by atoms with Gasteiger partial charge in [-0.25, -0.2) is 14.6 Å². The first-order valence-corrected chi connectivity index (χ1v) is 19.3. The fourth-order valence-corrected chi connectivity index (χ4v) is 9.00. The number of thiazole rings is 1. The number of methoxy groups -OCH3 is 1. The van der Waals surface area contributed by atoms with Crippen LogP contribution in [0.5, 0.6) is 17.2 Å². The highest BCUT2D eigenvalue weighted by molar-refractivity contribution is 14.1. The van der Waals surface area contributed by atoms with Gasteiger partial charge >= 0.3 is 11.9 Å². The number of fused-ring (bicyclic) bond motifs is 2. The van der Waals surface area contributed by atoms with E-state index >= 15 is 0 Å². The van der Waals surface area contributed by atoms with Crippen molar-refractivity contribution in [2.24, 2.45) is 4.99 Å². The van der Waals surface area contributed by atoms with Crippen LogP contribution < -0.4 is 29.1 Å². The molecule has 10 nitrogen and oxygen atoms in total. The molecular formula is C39H34I2N2O8S. The van der Waals surface area contributed by atoms with Crippen LogP contribution in [-0.2, 0) is 25.7 Å². The second kappa shape index (κ2) is 16.6. The summed E-state index contributed by atoms with van der Waals surface area (Å²) in [6, 6.07) is 22.7. The number of carbonyl (C=O) groups excluding carboxylic acids is 2. The summed E-state index contributed by atoms with van der Waals surface area (Å²) in [4.78, 5) is 44.6. The molecular weight excluding hydrogens is 910 g/mol. The van der Waals surface area contributed by atoms with Gasteiger partial charge in [-0.15, -0.1) is 0 Å². The molecule has 0 saturated carbocycles. The zero-order chi connectivity index (χ0) is 36.9. The van der Waals surface area contributed by atoms with Gasteiger partial charge in [-0.2, -0.15) is 0 Å². The van der Waals surface area contributed by atoms with Crippen LogP contribution in [0.25, 0.3) is 16.8 Å². The van der Waals surface area contributed by atoms with E-state index in [0.717, 1.165) is 29.4 Å². The summed E-state index contributed by atoms with van der Waals surface area (Å²) in [5.74, 6) is 0.309. The van der Waals surface area contributed by atoms with Gasteiger partial charge in [-0.3, -0.25) is 9.36 Å². The van der Waals surface area contributed by atoms with Crippen molar-refractivity contribution in [2.75, 3.05) is 26.9 Å². The number of carbonyl (C=O) groups is 2. The summed E-state index contributed by atoms with van der Waals surface area (Å²) < 4.78 is 31.7. The second-order valence-corrected chi connectivity index (χ2v) is 14.9. The fraction of sp³-hybridized carbons (Fsp3) is 0.231. The quantitative estimate of drug-likeness (QED) is 0.101. The molecule has 0 unspecified atom stereocenters. The summed E-state index contributed by atoms with van der Waals surface area (Å²) >= 11 is 5.76. The highest BCUT2D eigenvalue weighted by Gasteiger charge is 2.34. The number of benzene rings is 4. The minimum absolute atomic E-state index is 0.149. The molecule has 1 atom stereocenters. The predicted molar refractivity (Wildman–Crippen MR) is 216 cm³/mol. The van der Waals surface area contributed by atoms with Crippen molar-refractivity contribution in [3.63, 3.8) is 0 Å². The maximum absolute atomic E-state index is 14.3. The highest BCUT2D eigenvalue weighted by Crippen LogP contribution is 2.37. The fourth-order valence-electron chi connectivity index (χ4n) is 5.82. The van der Waals surface area contributed by atoms with E-state index in [-0.39, 0.29) is 24.3 Å². The summed E-state index contributed by atoms with van der Waals surface area (Å²) in [5, 5.41) is 2.34. The number of hydrogen-bond donors (Lipinski definition) is 0. The minimum atomic E-state index is -0.863. The van der Waals surface area contributed by atoms with Gasteiger partial charge in [0.05, 0.1) is 49.3 Å². The Labute approximate surface area is 331 Å². The van der Waals surface area contributed by atoms with Gasteiger partial charge in [0.2, 0.25) is 0 Å². The van der Waals surface area contributed by atoms with Crippen LogP contribution in [0.15, 0.2) is 93.9 Å². The van der Waals surface area contributed by atoms with Crippen LogP contribution in [0.2, 0.25) is 0 Å². The van der Waals surface area contributed by atoms with E-state index in [1.807, 2.05) is 37.3 Å². The molecule has 52 heavy (non-hydrogen) atoms. The predicted octanol–water partition coefficient (Wildman–Crippen LogP) is 6.69. The molecule has 268 valence electrons. The lowest BCUT2D eigenvalue weighted by Crippen LogP contribution is -2.40. The van der Waals surface area contributed by atoms with Gasteiger partial charge in [-0.1, -0.05) is 53.8 Å². The molecule has 5 aromatic rings. The Balaban J connectivity index is 1.37. The lowest BCUT2D eigenvalue weighted by Gasteiger charge is -2.25. The topological polar surface area (TPSA) is 115 Å². The molecule has 1 aromatic heterocycles. The highest BCUT2D eigenvalue weighted by atomic mass is 127. The van der Waals surface area contributed by atoms with Crippen molar-refractivity contribution >= 4 is 85.3 Å². The van der Waals surface area contributed by atoms with Crippen molar-refractivity contribution in [1.29, 1.82) is 0 Å². The number of nitrogens with zero attached hydrogens (tertiary/aromatic N) is 2. The van der Waals surface area contributed by atoms with E-state index in [1.165, 1.54) is 28.4 Å². The van der Waals surface area contributed by atoms with Crippen molar-refractivity contribution < 1.29 is 33.3 Å². The summed E-state index contributed by atoms with van der Waals surface area (Å²) in [5.41, 5.74) is 2.84. The molecule has 0 bridgehead atoms. The van der Waals surface area contributed by atoms with E-state index in [0.29, 0.717) is 45.3 Å². The maximum Gasteiger partial charge on any atom is 0.343 e. The summed E-state index contributed by atoms with van der Waals surface area (Å²) in [6.07, 6.45) is 1.83. The molecule has 0 amide bonds. The number of aromatic nitrogens is 1. The van der Waals surface area contributed by atoms with Crippen LogP contribution >= 0.6 is 56.5 Å². The number of halogens is 2. The van der Waals surface area contributed by atoms with E-state index in [4.69, 9.17) is 28.7 Å². The normalized spacial score (nSPS) is 14.1. The van der Waals surface area contributed by atoms with Crippen LogP contribution in [0, 0.1) is 7.14 Å².